The molecule has 0 saturated carbocycles. The Bertz CT molecular complexity index is 817. The predicted molar refractivity (Wildman–Crippen MR) is 95.3 cm³/mol. The molecule has 0 aliphatic carbocycles. The van der Waals surface area contributed by atoms with Gasteiger partial charge in [0.15, 0.2) is 5.13 Å². The summed E-state index contributed by atoms with van der Waals surface area (Å²) >= 11 is 3.18. The van der Waals surface area contributed by atoms with Gasteiger partial charge in [0, 0.05) is 29.9 Å². The van der Waals surface area contributed by atoms with Crippen molar-refractivity contribution in [2.24, 2.45) is 0 Å². The molecular weight excluding hydrogens is 360 g/mol. The molecule has 1 N–H and O–H groups in total. The van der Waals surface area contributed by atoms with Crippen LogP contribution in [0, 0.1) is 0 Å². The van der Waals surface area contributed by atoms with Crippen molar-refractivity contribution in [2.45, 2.75) is 19.1 Å². The maximum Gasteiger partial charge on any atom is 0.407 e. The van der Waals surface area contributed by atoms with E-state index >= 15 is 0 Å². The highest BCUT2D eigenvalue weighted by atomic mass is 32.1. The summed E-state index contributed by atoms with van der Waals surface area (Å²) in [6.45, 7) is 1.81. The van der Waals surface area contributed by atoms with Gasteiger partial charge < -0.3 is 15.0 Å². The molecule has 25 heavy (non-hydrogen) atoms. The fraction of sp³-hybridized carbons (Fsp3) is 0.333. The number of nitrogens with one attached hydrogen (secondary N) is 1. The third-order valence-corrected chi connectivity index (χ3v) is 5.34. The summed E-state index contributed by atoms with van der Waals surface area (Å²) in [4.78, 5) is 18.4. The average molecular weight is 376 g/mol. The van der Waals surface area contributed by atoms with Crippen LogP contribution in [0.5, 0.6) is 0 Å². The minimum atomic E-state index is -0.434. The standard InChI is InChI=1S/C15H16N6O2S2/c22-15(23-13-1-4-20(9-13)14-16-3-6-25-14)17-7-11-8-21(19-18-11)12-2-5-24-10-12/h2-3,5-6,8,10,13H,1,4,7,9H2,(H,17,22). The molecule has 1 unspecified atom stereocenters. The van der Waals surface area contributed by atoms with Crippen molar-refractivity contribution in [3.63, 3.8) is 0 Å². The van der Waals surface area contributed by atoms with Crippen LogP contribution >= 0.6 is 22.7 Å². The largest absolute Gasteiger partial charge is 0.444 e. The van der Waals surface area contributed by atoms with E-state index in [1.165, 1.54) is 0 Å². The molecule has 1 aliphatic heterocycles. The molecule has 1 saturated heterocycles. The lowest BCUT2D eigenvalue weighted by Gasteiger charge is -2.15. The summed E-state index contributed by atoms with van der Waals surface area (Å²) in [6, 6.07) is 1.96. The molecule has 4 rings (SSSR count). The number of amides is 1. The molecule has 0 bridgehead atoms. The molecule has 1 aliphatic rings. The lowest BCUT2D eigenvalue weighted by Crippen LogP contribution is -2.30. The first-order valence-corrected chi connectivity index (χ1v) is 9.63. The van der Waals surface area contributed by atoms with E-state index in [2.05, 4.69) is 25.5 Å². The quantitative estimate of drug-likeness (QED) is 0.735. The molecule has 0 radical (unpaired) electrons. The summed E-state index contributed by atoms with van der Waals surface area (Å²) in [7, 11) is 0. The molecule has 130 valence electrons. The monoisotopic (exact) mass is 376 g/mol. The molecule has 0 spiro atoms. The van der Waals surface area contributed by atoms with Gasteiger partial charge in [-0.2, -0.15) is 11.3 Å². The minimum absolute atomic E-state index is 0.120. The molecule has 8 nitrogen and oxygen atoms in total. The molecule has 4 heterocycles. The van der Waals surface area contributed by atoms with Crippen molar-refractivity contribution in [3.8, 4) is 5.69 Å². The van der Waals surface area contributed by atoms with Gasteiger partial charge in [0.25, 0.3) is 0 Å². The lowest BCUT2D eigenvalue weighted by atomic mass is 10.3. The molecule has 1 atom stereocenters. The van der Waals surface area contributed by atoms with Crippen LogP contribution in [0.15, 0.2) is 34.6 Å². The predicted octanol–water partition coefficient (Wildman–Crippen LogP) is 2.29. The summed E-state index contributed by atoms with van der Waals surface area (Å²) in [5.74, 6) is 0. The highest BCUT2D eigenvalue weighted by Gasteiger charge is 2.27. The first kappa shape index (κ1) is 16.0. The highest BCUT2D eigenvalue weighted by molar-refractivity contribution is 7.13. The molecule has 0 aromatic carbocycles. The van der Waals surface area contributed by atoms with E-state index in [1.807, 2.05) is 22.2 Å². The summed E-state index contributed by atoms with van der Waals surface area (Å²) in [6.07, 6.45) is 3.83. The van der Waals surface area contributed by atoms with Crippen molar-refractivity contribution < 1.29 is 9.53 Å². The molecule has 10 heteroatoms. The number of hydrogen-bond donors (Lipinski definition) is 1. The Morgan fingerprint density at radius 3 is 3.20 bits per heavy atom. The Morgan fingerprint density at radius 2 is 2.40 bits per heavy atom. The third kappa shape index (κ3) is 3.80. The van der Waals surface area contributed by atoms with Crippen molar-refractivity contribution in [1.82, 2.24) is 25.3 Å². The maximum atomic E-state index is 12.0. The van der Waals surface area contributed by atoms with Crippen LogP contribution in [0.1, 0.15) is 12.1 Å². The van der Waals surface area contributed by atoms with Gasteiger partial charge in [0.2, 0.25) is 0 Å². The molecule has 3 aromatic rings. The first-order valence-electron chi connectivity index (χ1n) is 7.80. The Balaban J connectivity index is 1.24. The Labute approximate surface area is 152 Å². The summed E-state index contributed by atoms with van der Waals surface area (Å²) in [5.41, 5.74) is 1.64. The zero-order chi connectivity index (χ0) is 17.1. The van der Waals surface area contributed by atoms with Gasteiger partial charge in [-0.25, -0.2) is 14.5 Å². The van der Waals surface area contributed by atoms with Gasteiger partial charge in [0.1, 0.15) is 11.8 Å². The number of carbonyl (C=O) groups excluding carboxylic acids is 1. The van der Waals surface area contributed by atoms with Gasteiger partial charge >= 0.3 is 6.09 Å². The summed E-state index contributed by atoms with van der Waals surface area (Å²) in [5, 5.41) is 17.7. The maximum absolute atomic E-state index is 12.0. The van der Waals surface area contributed by atoms with E-state index in [4.69, 9.17) is 4.74 Å². The highest BCUT2D eigenvalue weighted by Crippen LogP contribution is 2.23. The van der Waals surface area contributed by atoms with Crippen LogP contribution in [0.3, 0.4) is 0 Å². The minimum Gasteiger partial charge on any atom is -0.444 e. The number of thiazole rings is 1. The van der Waals surface area contributed by atoms with Gasteiger partial charge in [-0.1, -0.05) is 5.21 Å². The second kappa shape index (κ2) is 7.19. The topological polar surface area (TPSA) is 85.2 Å². The third-order valence-electron chi connectivity index (χ3n) is 3.83. The number of ether oxygens (including phenoxy) is 1. The normalized spacial score (nSPS) is 17.0. The number of rotatable bonds is 5. The van der Waals surface area contributed by atoms with E-state index in [9.17, 15) is 4.79 Å². The SMILES string of the molecule is O=C(NCc1cn(-c2ccsc2)nn1)OC1CCN(c2nccs2)C1. The number of thiophene rings is 1. The Hall–Kier alpha value is -2.46. The van der Waals surface area contributed by atoms with Crippen LogP contribution in [0.2, 0.25) is 0 Å². The molecular formula is C15H16N6O2S2. The fourth-order valence-electron chi connectivity index (χ4n) is 2.62. The number of anilines is 1. The molecule has 1 amide bonds. The number of aromatic nitrogens is 4. The Morgan fingerprint density at radius 1 is 1.44 bits per heavy atom. The number of carbonyl (C=O) groups is 1. The van der Waals surface area contributed by atoms with Crippen LogP contribution in [-0.2, 0) is 11.3 Å². The van der Waals surface area contributed by atoms with Crippen LogP contribution in [-0.4, -0.2) is 45.3 Å². The van der Waals surface area contributed by atoms with Crippen LogP contribution in [0.4, 0.5) is 9.93 Å². The fourth-order valence-corrected chi connectivity index (χ4v) is 3.92. The second-order valence-electron chi connectivity index (χ2n) is 5.57. The van der Waals surface area contributed by atoms with Gasteiger partial charge in [0.05, 0.1) is 25.0 Å². The van der Waals surface area contributed by atoms with Gasteiger partial charge in [-0.3, -0.25) is 0 Å². The lowest BCUT2D eigenvalue weighted by molar-refractivity contribution is 0.107. The van der Waals surface area contributed by atoms with E-state index in [-0.39, 0.29) is 12.6 Å². The zero-order valence-corrected chi connectivity index (χ0v) is 14.9. The van der Waals surface area contributed by atoms with E-state index < -0.39 is 6.09 Å². The van der Waals surface area contributed by atoms with Crippen LogP contribution < -0.4 is 10.2 Å². The molecule has 1 fully saturated rings. The Kier molecular flexibility index (Phi) is 4.61. The van der Waals surface area contributed by atoms with Crippen molar-refractivity contribution >= 4 is 33.9 Å². The van der Waals surface area contributed by atoms with E-state index in [0.29, 0.717) is 12.2 Å². The van der Waals surface area contributed by atoms with Gasteiger partial charge in [-0.05, 0) is 11.4 Å². The molecule has 3 aromatic heterocycles. The number of hydrogen-bond acceptors (Lipinski definition) is 8. The van der Waals surface area contributed by atoms with Crippen molar-refractivity contribution in [3.05, 3.63) is 40.3 Å². The average Bonchev–Trinajstić information content (AvgIpc) is 3.40. The number of nitrogens with zero attached hydrogens (tertiary/aromatic N) is 5. The van der Waals surface area contributed by atoms with Gasteiger partial charge in [-0.15, -0.1) is 16.4 Å². The van der Waals surface area contributed by atoms with Crippen LogP contribution in [0.25, 0.3) is 5.69 Å². The second-order valence-corrected chi connectivity index (χ2v) is 7.22. The van der Waals surface area contributed by atoms with Crippen molar-refractivity contribution in [2.75, 3.05) is 18.0 Å². The zero-order valence-electron chi connectivity index (χ0n) is 13.2. The first-order chi connectivity index (χ1) is 12.3. The number of alkyl carbamates (subject to hydrolysis) is 1. The summed E-state index contributed by atoms with van der Waals surface area (Å²) < 4.78 is 7.15. The van der Waals surface area contributed by atoms with E-state index in [0.717, 1.165) is 23.8 Å². The van der Waals surface area contributed by atoms with E-state index in [1.54, 1.807) is 39.7 Å². The van der Waals surface area contributed by atoms with Crippen molar-refractivity contribution in [1.29, 1.82) is 0 Å². The smallest absolute Gasteiger partial charge is 0.407 e.